The number of nitrogens with zero attached hydrogens (tertiary/aromatic N) is 2. The highest BCUT2D eigenvalue weighted by atomic mass is 35.5. The first kappa shape index (κ1) is 16.4. The number of rotatable bonds is 4. The minimum atomic E-state index is 0.402. The fourth-order valence-corrected chi connectivity index (χ4v) is 5.11. The summed E-state index contributed by atoms with van der Waals surface area (Å²) < 4.78 is 0. The van der Waals surface area contributed by atoms with Gasteiger partial charge < -0.3 is 4.90 Å². The maximum absolute atomic E-state index is 12.6. The fourth-order valence-electron chi connectivity index (χ4n) is 4.98. The maximum atomic E-state index is 12.6. The van der Waals surface area contributed by atoms with E-state index in [-0.39, 0.29) is 0 Å². The number of amides is 1. The van der Waals surface area contributed by atoms with Crippen molar-refractivity contribution in [2.75, 3.05) is 26.2 Å². The number of piperazine rings is 1. The Balaban J connectivity index is 1.23. The van der Waals surface area contributed by atoms with Crippen molar-refractivity contribution in [1.82, 2.24) is 9.80 Å². The average molecular weight is 347 g/mol. The van der Waals surface area contributed by atoms with Gasteiger partial charge in [-0.3, -0.25) is 9.69 Å². The standard InChI is InChI=1S/C20H27ClN2O/c21-19-5-2-15(3-6-19)14-22-7-9-23(10-8-22)20(24)13-18-12-16-1-4-17(18)11-16/h2-3,5-6,16-18H,1,4,7-14H2/t16-,17-,18-/m0/s1. The van der Waals surface area contributed by atoms with Crippen LogP contribution in [-0.2, 0) is 11.3 Å². The second kappa shape index (κ2) is 7.05. The van der Waals surface area contributed by atoms with Gasteiger partial charge in [0.1, 0.15) is 0 Å². The quantitative estimate of drug-likeness (QED) is 0.827. The molecule has 3 fully saturated rings. The molecule has 2 bridgehead atoms. The molecule has 1 heterocycles. The van der Waals surface area contributed by atoms with E-state index in [4.69, 9.17) is 11.6 Å². The Hall–Kier alpha value is -1.06. The highest BCUT2D eigenvalue weighted by Crippen LogP contribution is 2.49. The van der Waals surface area contributed by atoms with Gasteiger partial charge in [-0.15, -0.1) is 0 Å². The Kier molecular flexibility index (Phi) is 4.82. The maximum Gasteiger partial charge on any atom is 0.222 e. The number of benzene rings is 1. The van der Waals surface area contributed by atoms with Gasteiger partial charge in [-0.2, -0.15) is 0 Å². The number of fused-ring (bicyclic) bond motifs is 2. The number of carbonyl (C=O) groups is 1. The normalized spacial score (nSPS) is 30.0. The number of halogens is 1. The molecule has 1 amide bonds. The molecule has 1 aromatic carbocycles. The van der Waals surface area contributed by atoms with Gasteiger partial charge in [0.05, 0.1) is 0 Å². The van der Waals surface area contributed by atoms with Crippen LogP contribution < -0.4 is 0 Å². The van der Waals surface area contributed by atoms with Gasteiger partial charge in [0.15, 0.2) is 0 Å². The Morgan fingerprint density at radius 1 is 1.04 bits per heavy atom. The van der Waals surface area contributed by atoms with Gasteiger partial charge in [0, 0.05) is 44.2 Å². The van der Waals surface area contributed by atoms with Crippen LogP contribution in [0.2, 0.25) is 5.02 Å². The van der Waals surface area contributed by atoms with Crippen LogP contribution in [0.25, 0.3) is 0 Å². The molecule has 4 rings (SSSR count). The fraction of sp³-hybridized carbons (Fsp3) is 0.650. The van der Waals surface area contributed by atoms with E-state index in [1.807, 2.05) is 12.1 Å². The van der Waals surface area contributed by atoms with E-state index < -0.39 is 0 Å². The van der Waals surface area contributed by atoms with E-state index in [2.05, 4.69) is 21.9 Å². The highest BCUT2D eigenvalue weighted by Gasteiger charge is 2.40. The van der Waals surface area contributed by atoms with Crippen LogP contribution in [0.5, 0.6) is 0 Å². The molecule has 2 saturated carbocycles. The van der Waals surface area contributed by atoms with E-state index in [1.165, 1.54) is 31.2 Å². The van der Waals surface area contributed by atoms with Crippen LogP contribution in [0.15, 0.2) is 24.3 Å². The molecule has 1 aromatic rings. The Morgan fingerprint density at radius 3 is 2.42 bits per heavy atom. The zero-order chi connectivity index (χ0) is 16.5. The van der Waals surface area contributed by atoms with Crippen molar-refractivity contribution in [3.63, 3.8) is 0 Å². The number of hydrogen-bond acceptors (Lipinski definition) is 2. The van der Waals surface area contributed by atoms with Gasteiger partial charge in [-0.1, -0.05) is 30.2 Å². The van der Waals surface area contributed by atoms with Crippen LogP contribution in [0, 0.1) is 17.8 Å². The zero-order valence-corrected chi connectivity index (χ0v) is 15.0. The van der Waals surface area contributed by atoms with Gasteiger partial charge in [0.25, 0.3) is 0 Å². The summed E-state index contributed by atoms with van der Waals surface area (Å²) in [6.45, 7) is 4.67. The van der Waals surface area contributed by atoms with E-state index in [0.717, 1.165) is 56.0 Å². The van der Waals surface area contributed by atoms with E-state index >= 15 is 0 Å². The molecular formula is C20H27ClN2O. The lowest BCUT2D eigenvalue weighted by Gasteiger charge is -2.35. The Morgan fingerprint density at radius 2 is 1.79 bits per heavy atom. The molecule has 3 aliphatic rings. The van der Waals surface area contributed by atoms with Crippen molar-refractivity contribution in [2.45, 2.75) is 38.6 Å². The predicted molar refractivity (Wildman–Crippen MR) is 96.9 cm³/mol. The van der Waals surface area contributed by atoms with Gasteiger partial charge >= 0.3 is 0 Å². The lowest BCUT2D eigenvalue weighted by atomic mass is 9.86. The lowest BCUT2D eigenvalue weighted by Crippen LogP contribution is -2.48. The molecule has 1 aliphatic heterocycles. The molecule has 0 N–H and O–H groups in total. The Bertz CT molecular complexity index is 580. The van der Waals surface area contributed by atoms with Crippen molar-refractivity contribution >= 4 is 17.5 Å². The molecule has 24 heavy (non-hydrogen) atoms. The number of carbonyl (C=O) groups excluding carboxylic acids is 1. The average Bonchev–Trinajstić information content (AvgIpc) is 3.20. The van der Waals surface area contributed by atoms with Crippen LogP contribution in [0.1, 0.15) is 37.7 Å². The summed E-state index contributed by atoms with van der Waals surface area (Å²) in [5.74, 6) is 2.87. The van der Waals surface area contributed by atoms with Gasteiger partial charge in [0.2, 0.25) is 5.91 Å². The van der Waals surface area contributed by atoms with Gasteiger partial charge in [-0.05, 0) is 54.7 Å². The first-order chi connectivity index (χ1) is 11.7. The monoisotopic (exact) mass is 346 g/mol. The SMILES string of the molecule is O=C(C[C@@H]1C[C@H]2CC[C@H]1C2)N1CCN(Cc2ccc(Cl)cc2)CC1. The topological polar surface area (TPSA) is 23.6 Å². The van der Waals surface area contributed by atoms with Crippen LogP contribution >= 0.6 is 11.6 Å². The molecule has 0 unspecified atom stereocenters. The van der Waals surface area contributed by atoms with Crippen molar-refractivity contribution < 1.29 is 4.79 Å². The Labute approximate surface area is 150 Å². The molecule has 0 radical (unpaired) electrons. The van der Waals surface area contributed by atoms with Gasteiger partial charge in [-0.25, -0.2) is 0 Å². The molecule has 1 saturated heterocycles. The molecule has 0 spiro atoms. The number of hydrogen-bond donors (Lipinski definition) is 0. The third-order valence-electron chi connectivity index (χ3n) is 6.37. The molecule has 130 valence electrons. The van der Waals surface area contributed by atoms with Crippen molar-refractivity contribution in [2.24, 2.45) is 17.8 Å². The van der Waals surface area contributed by atoms with E-state index in [0.29, 0.717) is 11.8 Å². The van der Waals surface area contributed by atoms with Crippen LogP contribution in [0.3, 0.4) is 0 Å². The minimum Gasteiger partial charge on any atom is -0.340 e. The first-order valence-corrected chi connectivity index (χ1v) is 9.80. The van der Waals surface area contributed by atoms with Crippen molar-refractivity contribution in [3.8, 4) is 0 Å². The van der Waals surface area contributed by atoms with Crippen molar-refractivity contribution in [1.29, 1.82) is 0 Å². The summed E-state index contributed by atoms with van der Waals surface area (Å²) in [6.07, 6.45) is 6.30. The smallest absolute Gasteiger partial charge is 0.222 e. The van der Waals surface area contributed by atoms with E-state index in [1.54, 1.807) is 0 Å². The molecule has 3 nitrogen and oxygen atoms in total. The van der Waals surface area contributed by atoms with Crippen LogP contribution in [0.4, 0.5) is 0 Å². The molecule has 4 heteroatoms. The zero-order valence-electron chi connectivity index (χ0n) is 14.3. The summed E-state index contributed by atoms with van der Waals surface area (Å²) in [6, 6.07) is 8.09. The summed E-state index contributed by atoms with van der Waals surface area (Å²) in [5.41, 5.74) is 1.29. The van der Waals surface area contributed by atoms with Crippen molar-refractivity contribution in [3.05, 3.63) is 34.9 Å². The first-order valence-electron chi connectivity index (χ1n) is 9.42. The third-order valence-corrected chi connectivity index (χ3v) is 6.62. The predicted octanol–water partition coefficient (Wildman–Crippen LogP) is 3.81. The molecule has 3 atom stereocenters. The molecular weight excluding hydrogens is 320 g/mol. The lowest BCUT2D eigenvalue weighted by molar-refractivity contribution is -0.134. The highest BCUT2D eigenvalue weighted by molar-refractivity contribution is 6.30. The largest absolute Gasteiger partial charge is 0.340 e. The second-order valence-electron chi connectivity index (χ2n) is 7.92. The second-order valence-corrected chi connectivity index (χ2v) is 8.36. The molecule has 2 aliphatic carbocycles. The summed E-state index contributed by atoms with van der Waals surface area (Å²) >= 11 is 5.94. The molecule has 0 aromatic heterocycles. The summed E-state index contributed by atoms with van der Waals surface area (Å²) in [4.78, 5) is 17.2. The third kappa shape index (κ3) is 3.62. The summed E-state index contributed by atoms with van der Waals surface area (Å²) in [7, 11) is 0. The summed E-state index contributed by atoms with van der Waals surface area (Å²) in [5, 5.41) is 0.787. The van der Waals surface area contributed by atoms with E-state index in [9.17, 15) is 4.79 Å². The minimum absolute atomic E-state index is 0.402. The van der Waals surface area contributed by atoms with Crippen LogP contribution in [-0.4, -0.2) is 41.9 Å².